The van der Waals surface area contributed by atoms with E-state index in [9.17, 15) is 5.11 Å². The van der Waals surface area contributed by atoms with E-state index < -0.39 is 6.10 Å². The minimum absolute atomic E-state index is 0.0925. The summed E-state index contributed by atoms with van der Waals surface area (Å²) in [5.74, 6) is 0.320. The molecular formula is C17H28O2. The first-order valence-electron chi connectivity index (χ1n) is 7.23. The zero-order valence-electron chi connectivity index (χ0n) is 13.2. The van der Waals surface area contributed by atoms with E-state index in [4.69, 9.17) is 4.74 Å². The van der Waals surface area contributed by atoms with Crippen LogP contribution in [-0.4, -0.2) is 23.9 Å². The van der Waals surface area contributed by atoms with Crippen LogP contribution in [0.1, 0.15) is 43.0 Å². The molecular weight excluding hydrogens is 236 g/mol. The molecule has 108 valence electrons. The average Bonchev–Trinajstić information content (AvgIpc) is 2.29. The first kappa shape index (κ1) is 16.2. The Labute approximate surface area is 117 Å². The molecule has 0 aliphatic heterocycles. The van der Waals surface area contributed by atoms with Gasteiger partial charge in [-0.15, -0.1) is 0 Å². The highest BCUT2D eigenvalue weighted by atomic mass is 16.5. The van der Waals surface area contributed by atoms with Crippen LogP contribution in [-0.2, 0) is 11.2 Å². The Balaban J connectivity index is 2.89. The van der Waals surface area contributed by atoms with Crippen LogP contribution in [0.25, 0.3) is 0 Å². The number of aryl methyl sites for hydroxylation is 3. The zero-order chi connectivity index (χ0) is 14.6. The van der Waals surface area contributed by atoms with Gasteiger partial charge in [0.25, 0.3) is 0 Å². The molecule has 2 unspecified atom stereocenters. The summed E-state index contributed by atoms with van der Waals surface area (Å²) < 4.78 is 5.69. The standard InChI is InChI=1S/C17H28O2/c1-7-19-17(11(2)3)16(18)10-15-13(5)8-12(4)9-14(15)6/h8-9,11,16-18H,7,10H2,1-6H3. The highest BCUT2D eigenvalue weighted by Gasteiger charge is 2.24. The highest BCUT2D eigenvalue weighted by molar-refractivity contribution is 5.37. The van der Waals surface area contributed by atoms with Crippen LogP contribution in [0.2, 0.25) is 0 Å². The van der Waals surface area contributed by atoms with Gasteiger partial charge < -0.3 is 9.84 Å². The predicted octanol–water partition coefficient (Wildman–Crippen LogP) is 3.58. The largest absolute Gasteiger partial charge is 0.390 e. The summed E-state index contributed by atoms with van der Waals surface area (Å²) in [5.41, 5.74) is 5.05. The van der Waals surface area contributed by atoms with E-state index in [1.54, 1.807) is 0 Å². The molecule has 2 heteroatoms. The van der Waals surface area contributed by atoms with E-state index in [2.05, 4.69) is 46.8 Å². The summed E-state index contributed by atoms with van der Waals surface area (Å²) in [6.07, 6.45) is 0.131. The number of aliphatic hydroxyl groups excluding tert-OH is 1. The maximum absolute atomic E-state index is 10.5. The van der Waals surface area contributed by atoms with Crippen molar-refractivity contribution in [2.45, 2.75) is 60.2 Å². The van der Waals surface area contributed by atoms with Gasteiger partial charge in [-0.2, -0.15) is 0 Å². The van der Waals surface area contributed by atoms with E-state index >= 15 is 0 Å². The molecule has 0 spiro atoms. The number of rotatable bonds is 6. The smallest absolute Gasteiger partial charge is 0.0859 e. The lowest BCUT2D eigenvalue weighted by molar-refractivity contribution is -0.0563. The molecule has 2 nitrogen and oxygen atoms in total. The third-order valence-corrected chi connectivity index (χ3v) is 3.65. The van der Waals surface area contributed by atoms with Gasteiger partial charge in [-0.05, 0) is 50.3 Å². The summed E-state index contributed by atoms with van der Waals surface area (Å²) in [6, 6.07) is 4.36. The maximum atomic E-state index is 10.5. The van der Waals surface area contributed by atoms with Gasteiger partial charge in [0.2, 0.25) is 0 Å². The van der Waals surface area contributed by atoms with Gasteiger partial charge in [0.15, 0.2) is 0 Å². The maximum Gasteiger partial charge on any atom is 0.0859 e. The second kappa shape index (κ2) is 7.06. The fourth-order valence-electron chi connectivity index (χ4n) is 2.80. The molecule has 0 bridgehead atoms. The van der Waals surface area contributed by atoms with Crippen LogP contribution in [0.15, 0.2) is 12.1 Å². The van der Waals surface area contributed by atoms with E-state index in [0.29, 0.717) is 18.9 Å². The van der Waals surface area contributed by atoms with Gasteiger partial charge in [0.1, 0.15) is 0 Å². The van der Waals surface area contributed by atoms with Gasteiger partial charge in [-0.25, -0.2) is 0 Å². The van der Waals surface area contributed by atoms with E-state index in [-0.39, 0.29) is 6.10 Å². The van der Waals surface area contributed by atoms with Crippen molar-refractivity contribution in [3.63, 3.8) is 0 Å². The number of hydrogen-bond acceptors (Lipinski definition) is 2. The molecule has 1 aromatic carbocycles. The van der Waals surface area contributed by atoms with Crippen molar-refractivity contribution >= 4 is 0 Å². The van der Waals surface area contributed by atoms with Crippen LogP contribution >= 0.6 is 0 Å². The third kappa shape index (κ3) is 4.32. The molecule has 1 aromatic rings. The van der Waals surface area contributed by atoms with Crippen molar-refractivity contribution in [1.82, 2.24) is 0 Å². The van der Waals surface area contributed by atoms with Crippen molar-refractivity contribution in [2.24, 2.45) is 5.92 Å². The Morgan fingerprint density at radius 2 is 1.63 bits per heavy atom. The lowest BCUT2D eigenvalue weighted by Crippen LogP contribution is -2.35. The topological polar surface area (TPSA) is 29.5 Å². The third-order valence-electron chi connectivity index (χ3n) is 3.65. The second-order valence-electron chi connectivity index (χ2n) is 5.81. The molecule has 1 rings (SSSR count). The Bertz CT molecular complexity index is 387. The molecule has 0 heterocycles. The lowest BCUT2D eigenvalue weighted by Gasteiger charge is -2.27. The second-order valence-corrected chi connectivity index (χ2v) is 5.81. The van der Waals surface area contributed by atoms with Crippen LogP contribution in [0, 0.1) is 26.7 Å². The Morgan fingerprint density at radius 1 is 1.11 bits per heavy atom. The lowest BCUT2D eigenvalue weighted by atomic mass is 9.91. The Kier molecular flexibility index (Phi) is 6.02. The molecule has 2 atom stereocenters. The molecule has 0 aromatic heterocycles. The van der Waals surface area contributed by atoms with Gasteiger partial charge in [-0.3, -0.25) is 0 Å². The van der Waals surface area contributed by atoms with Crippen LogP contribution in [0.5, 0.6) is 0 Å². The molecule has 0 aliphatic rings. The predicted molar refractivity (Wildman–Crippen MR) is 80.6 cm³/mol. The van der Waals surface area contributed by atoms with E-state index in [1.165, 1.54) is 22.3 Å². The first-order chi connectivity index (χ1) is 8.86. The quantitative estimate of drug-likeness (QED) is 0.851. The van der Waals surface area contributed by atoms with Crippen LogP contribution < -0.4 is 0 Å². The fraction of sp³-hybridized carbons (Fsp3) is 0.647. The summed E-state index contributed by atoms with van der Waals surface area (Å²) in [7, 11) is 0. The van der Waals surface area contributed by atoms with Gasteiger partial charge in [-0.1, -0.05) is 31.5 Å². The number of hydrogen-bond donors (Lipinski definition) is 1. The SMILES string of the molecule is CCOC(C(C)C)C(O)Cc1c(C)cc(C)cc1C. The van der Waals surface area contributed by atoms with Gasteiger partial charge in [0.05, 0.1) is 12.2 Å². The van der Waals surface area contributed by atoms with Crippen LogP contribution in [0.3, 0.4) is 0 Å². The van der Waals surface area contributed by atoms with Crippen molar-refractivity contribution in [1.29, 1.82) is 0 Å². The molecule has 0 radical (unpaired) electrons. The summed E-state index contributed by atoms with van der Waals surface area (Å²) >= 11 is 0. The van der Waals surface area contributed by atoms with Crippen molar-refractivity contribution in [2.75, 3.05) is 6.61 Å². The molecule has 0 aliphatic carbocycles. The van der Waals surface area contributed by atoms with Crippen LogP contribution in [0.4, 0.5) is 0 Å². The van der Waals surface area contributed by atoms with Crippen molar-refractivity contribution < 1.29 is 9.84 Å². The van der Waals surface area contributed by atoms with Gasteiger partial charge >= 0.3 is 0 Å². The summed E-state index contributed by atoms with van der Waals surface area (Å²) in [4.78, 5) is 0. The molecule has 1 N–H and O–H groups in total. The summed E-state index contributed by atoms with van der Waals surface area (Å²) in [6.45, 7) is 13.2. The summed E-state index contributed by atoms with van der Waals surface area (Å²) in [5, 5.41) is 10.5. The molecule has 0 saturated heterocycles. The molecule has 0 fully saturated rings. The molecule has 19 heavy (non-hydrogen) atoms. The molecule has 0 amide bonds. The Hall–Kier alpha value is -0.860. The fourth-order valence-corrected chi connectivity index (χ4v) is 2.80. The monoisotopic (exact) mass is 264 g/mol. The van der Waals surface area contributed by atoms with E-state index in [0.717, 1.165) is 0 Å². The highest BCUT2D eigenvalue weighted by Crippen LogP contribution is 2.21. The molecule has 0 saturated carbocycles. The minimum atomic E-state index is -0.444. The van der Waals surface area contributed by atoms with E-state index in [1.807, 2.05) is 6.92 Å². The Morgan fingerprint density at radius 3 is 2.05 bits per heavy atom. The number of aliphatic hydroxyl groups is 1. The van der Waals surface area contributed by atoms with Crippen molar-refractivity contribution in [3.8, 4) is 0 Å². The van der Waals surface area contributed by atoms with Crippen molar-refractivity contribution in [3.05, 3.63) is 34.4 Å². The number of benzene rings is 1. The zero-order valence-corrected chi connectivity index (χ0v) is 13.2. The number of ether oxygens (including phenoxy) is 1. The van der Waals surface area contributed by atoms with Gasteiger partial charge in [0, 0.05) is 13.0 Å². The minimum Gasteiger partial charge on any atom is -0.390 e. The first-order valence-corrected chi connectivity index (χ1v) is 7.23. The average molecular weight is 264 g/mol. The normalized spacial score (nSPS) is 14.7.